The van der Waals surface area contributed by atoms with Crippen LogP contribution in [0.15, 0.2) is 47.4 Å². The molecule has 11 heteroatoms. The number of anilines is 2. The molecule has 1 atom stereocenters. The van der Waals surface area contributed by atoms with Crippen LogP contribution in [-0.4, -0.2) is 81.7 Å². The Morgan fingerprint density at radius 3 is 2.50 bits per heavy atom. The van der Waals surface area contributed by atoms with E-state index in [-0.39, 0.29) is 17.5 Å². The fraction of sp³-hybridized carbons (Fsp3) is 0.440. The minimum Gasteiger partial charge on any atom is -0.483 e. The number of carbonyl (C=O) groups is 1. The average Bonchev–Trinajstić information content (AvgIpc) is 3.55. The monoisotopic (exact) mass is 515 g/mol. The second kappa shape index (κ2) is 11.3. The number of piperazine rings is 1. The van der Waals surface area contributed by atoms with Crippen LogP contribution < -0.4 is 15.1 Å². The molecular formula is C25H33N5O5S. The fourth-order valence-electron chi connectivity index (χ4n) is 4.80. The van der Waals surface area contributed by atoms with Crippen LogP contribution in [0.4, 0.5) is 11.4 Å². The largest absolute Gasteiger partial charge is 0.483 e. The number of fused-ring (bicyclic) bond motifs is 1. The number of rotatable bonds is 6. The molecule has 2 fully saturated rings. The van der Waals surface area contributed by atoms with Crippen LogP contribution in [0.2, 0.25) is 0 Å². The summed E-state index contributed by atoms with van der Waals surface area (Å²) < 4.78 is 34.3. The molecule has 1 unspecified atom stereocenters. The number of carboxylic acid groups (broad SMARTS) is 1. The molecule has 3 heterocycles. The fourth-order valence-corrected chi connectivity index (χ4v) is 6.14. The highest BCUT2D eigenvalue weighted by Gasteiger charge is 2.26. The number of ether oxygens (including phenoxy) is 1. The summed E-state index contributed by atoms with van der Waals surface area (Å²) in [7, 11) is -2.14. The molecule has 3 aromatic rings. The van der Waals surface area contributed by atoms with Gasteiger partial charge in [0.1, 0.15) is 0 Å². The summed E-state index contributed by atoms with van der Waals surface area (Å²) in [6.45, 7) is 7.00. The summed E-state index contributed by atoms with van der Waals surface area (Å²) in [5.41, 5.74) is 3.34. The van der Waals surface area contributed by atoms with Crippen LogP contribution >= 0.6 is 0 Å². The Morgan fingerprint density at radius 1 is 1.11 bits per heavy atom. The van der Waals surface area contributed by atoms with Gasteiger partial charge in [-0.15, -0.1) is 0 Å². The van der Waals surface area contributed by atoms with Crippen LogP contribution in [0.3, 0.4) is 0 Å². The van der Waals surface area contributed by atoms with Crippen molar-refractivity contribution in [2.45, 2.75) is 30.8 Å². The minimum absolute atomic E-state index is 0.177. The summed E-state index contributed by atoms with van der Waals surface area (Å²) in [5.74, 6) is 0. The molecule has 10 nitrogen and oxygen atoms in total. The van der Waals surface area contributed by atoms with E-state index >= 15 is 0 Å². The van der Waals surface area contributed by atoms with E-state index in [1.54, 1.807) is 25.3 Å². The van der Waals surface area contributed by atoms with Gasteiger partial charge in [0.25, 0.3) is 16.5 Å². The molecule has 0 saturated carbocycles. The molecule has 36 heavy (non-hydrogen) atoms. The molecule has 2 aliphatic heterocycles. The van der Waals surface area contributed by atoms with E-state index in [1.165, 1.54) is 4.09 Å². The lowest BCUT2D eigenvalue weighted by molar-refractivity contribution is -0.122. The van der Waals surface area contributed by atoms with Gasteiger partial charge in [0.2, 0.25) is 0 Å². The highest BCUT2D eigenvalue weighted by atomic mass is 32.2. The summed E-state index contributed by atoms with van der Waals surface area (Å²) >= 11 is 0. The quantitative estimate of drug-likeness (QED) is 0.476. The van der Waals surface area contributed by atoms with Gasteiger partial charge in [-0.05, 0) is 49.2 Å². The third-order valence-corrected chi connectivity index (χ3v) is 8.30. The molecule has 194 valence electrons. The van der Waals surface area contributed by atoms with E-state index in [1.807, 2.05) is 25.1 Å². The zero-order valence-electron chi connectivity index (χ0n) is 20.6. The average molecular weight is 516 g/mol. The first-order chi connectivity index (χ1) is 17.4. The Morgan fingerprint density at radius 2 is 1.83 bits per heavy atom. The van der Waals surface area contributed by atoms with Crippen molar-refractivity contribution in [3.8, 4) is 0 Å². The molecule has 0 aliphatic carbocycles. The Hall–Kier alpha value is -3.15. The molecule has 2 aliphatic rings. The van der Waals surface area contributed by atoms with E-state index in [2.05, 4.69) is 26.3 Å². The zero-order valence-corrected chi connectivity index (χ0v) is 21.4. The summed E-state index contributed by atoms with van der Waals surface area (Å²) in [5, 5.41) is 15.7. The van der Waals surface area contributed by atoms with E-state index in [0.717, 1.165) is 68.1 Å². The predicted octanol–water partition coefficient (Wildman–Crippen LogP) is 2.17. The van der Waals surface area contributed by atoms with Crippen molar-refractivity contribution in [3.63, 3.8) is 0 Å². The van der Waals surface area contributed by atoms with Crippen LogP contribution in [0, 0.1) is 0 Å². The number of nitrogens with zero attached hydrogens (tertiary/aromatic N) is 4. The molecule has 2 aromatic carbocycles. The lowest BCUT2D eigenvalue weighted by atomic mass is 10.1. The highest BCUT2D eigenvalue weighted by Crippen LogP contribution is 2.30. The molecule has 0 amide bonds. The first-order valence-corrected chi connectivity index (χ1v) is 13.6. The van der Waals surface area contributed by atoms with Crippen LogP contribution in [-0.2, 0) is 26.0 Å². The summed E-state index contributed by atoms with van der Waals surface area (Å²) in [4.78, 5) is 13.1. The lowest BCUT2D eigenvalue weighted by Crippen LogP contribution is -2.43. The van der Waals surface area contributed by atoms with Gasteiger partial charge in [-0.25, -0.2) is 0 Å². The number of aromatic nitrogens is 2. The van der Waals surface area contributed by atoms with Gasteiger partial charge in [-0.1, -0.05) is 13.0 Å². The molecular weight excluding hydrogens is 482 g/mol. The Bertz CT molecular complexity index is 1300. The SMILES string of the molecule is CCc1nn(S(=O)(=O)c2cccc(N3CCC(OC)C3)c2)c2cc(N3CCNCC3)ccc12.O=CO. The van der Waals surface area contributed by atoms with E-state index < -0.39 is 10.0 Å². The third kappa shape index (κ3) is 5.18. The molecule has 2 N–H and O–H groups in total. The molecule has 0 radical (unpaired) electrons. The maximum absolute atomic E-state index is 13.8. The van der Waals surface area contributed by atoms with Crippen molar-refractivity contribution in [3.05, 3.63) is 48.2 Å². The molecule has 0 spiro atoms. The highest BCUT2D eigenvalue weighted by molar-refractivity contribution is 7.90. The normalized spacial score (nSPS) is 18.2. The van der Waals surface area contributed by atoms with Gasteiger partial charge in [-0.2, -0.15) is 17.6 Å². The van der Waals surface area contributed by atoms with Crippen molar-refractivity contribution >= 4 is 38.8 Å². The van der Waals surface area contributed by atoms with Gasteiger partial charge >= 0.3 is 0 Å². The van der Waals surface area contributed by atoms with Gasteiger partial charge in [0.05, 0.1) is 22.2 Å². The topological polar surface area (TPSA) is 117 Å². The van der Waals surface area contributed by atoms with Crippen molar-refractivity contribution in [1.82, 2.24) is 14.5 Å². The smallest absolute Gasteiger partial charge is 0.290 e. The maximum atomic E-state index is 13.8. The maximum Gasteiger partial charge on any atom is 0.290 e. The van der Waals surface area contributed by atoms with Gasteiger partial charge < -0.3 is 25.0 Å². The number of nitrogens with one attached hydrogen (secondary N) is 1. The van der Waals surface area contributed by atoms with Gasteiger partial charge in [0, 0.05) is 63.1 Å². The van der Waals surface area contributed by atoms with Crippen molar-refractivity contribution in [1.29, 1.82) is 0 Å². The van der Waals surface area contributed by atoms with Crippen molar-refractivity contribution < 1.29 is 23.1 Å². The summed E-state index contributed by atoms with van der Waals surface area (Å²) in [6, 6.07) is 13.2. The molecule has 2 saturated heterocycles. The van der Waals surface area contributed by atoms with E-state index in [9.17, 15) is 8.42 Å². The van der Waals surface area contributed by atoms with E-state index in [0.29, 0.717) is 11.9 Å². The van der Waals surface area contributed by atoms with Gasteiger partial charge in [0.15, 0.2) is 0 Å². The van der Waals surface area contributed by atoms with Crippen molar-refractivity contribution in [2.75, 3.05) is 56.2 Å². The van der Waals surface area contributed by atoms with Crippen molar-refractivity contribution in [2.24, 2.45) is 0 Å². The lowest BCUT2D eigenvalue weighted by Gasteiger charge is -2.29. The summed E-state index contributed by atoms with van der Waals surface area (Å²) in [6.07, 6.45) is 1.78. The number of hydrogen-bond acceptors (Lipinski definition) is 8. The number of methoxy groups -OCH3 is 1. The van der Waals surface area contributed by atoms with Crippen LogP contribution in [0.5, 0.6) is 0 Å². The zero-order chi connectivity index (χ0) is 25.7. The standard InChI is InChI=1S/C24H31N5O3S.CH2O2/c1-3-23-22-8-7-19(27-13-10-25-11-14-27)16-24(22)29(26-23)33(30,31)21-6-4-5-18(15-21)28-12-9-20(17-28)32-2;2-1-3/h4-8,15-16,20,25H,3,9-14,17H2,1-2H3;1H,(H,2,3). The molecule has 1 aromatic heterocycles. The Labute approximate surface area is 211 Å². The number of aryl methyl sites for hydroxylation is 1. The van der Waals surface area contributed by atoms with Crippen LogP contribution in [0.1, 0.15) is 19.0 Å². The first kappa shape index (κ1) is 25.9. The first-order valence-electron chi connectivity index (χ1n) is 12.1. The number of benzene rings is 2. The van der Waals surface area contributed by atoms with E-state index in [4.69, 9.17) is 14.6 Å². The predicted molar refractivity (Wildman–Crippen MR) is 140 cm³/mol. The second-order valence-electron chi connectivity index (χ2n) is 8.78. The van der Waals surface area contributed by atoms with Crippen LogP contribution in [0.25, 0.3) is 10.9 Å². The molecule has 5 rings (SSSR count). The molecule has 0 bridgehead atoms. The second-order valence-corrected chi connectivity index (χ2v) is 10.5. The number of hydrogen-bond donors (Lipinski definition) is 2. The third-order valence-electron chi connectivity index (χ3n) is 6.71. The van der Waals surface area contributed by atoms with Gasteiger partial charge in [-0.3, -0.25) is 4.79 Å². The Kier molecular flexibility index (Phi) is 8.12. The minimum atomic E-state index is -3.86. The Balaban J connectivity index is 0.000000967.